The molecule has 0 aromatic rings. The second kappa shape index (κ2) is 61.1. The molecule has 0 heterocycles. The van der Waals surface area contributed by atoms with E-state index in [0.29, 0.717) is 19.3 Å². The van der Waals surface area contributed by atoms with E-state index in [0.717, 1.165) is 154 Å². The Morgan fingerprint density at radius 3 is 0.919 bits per heavy atom. The van der Waals surface area contributed by atoms with E-state index in [1.54, 1.807) is 0 Å². The summed E-state index contributed by atoms with van der Waals surface area (Å²) in [4.78, 5) is 38.3. The van der Waals surface area contributed by atoms with Gasteiger partial charge in [0.1, 0.15) is 13.2 Å². The van der Waals surface area contributed by atoms with Gasteiger partial charge in [-0.15, -0.1) is 0 Å². The zero-order chi connectivity index (χ0) is 53.6. The molecule has 0 aliphatic heterocycles. The highest BCUT2D eigenvalue weighted by Gasteiger charge is 2.19. The number of allylic oxidation sites excluding steroid dienone is 22. The lowest BCUT2D eigenvalue weighted by Gasteiger charge is -2.18. The third-order valence-electron chi connectivity index (χ3n) is 12.4. The van der Waals surface area contributed by atoms with Gasteiger partial charge in [0.2, 0.25) is 0 Å². The monoisotopic (exact) mass is 1020 g/mol. The van der Waals surface area contributed by atoms with Crippen molar-refractivity contribution < 1.29 is 28.6 Å². The molecule has 0 aromatic heterocycles. The van der Waals surface area contributed by atoms with Gasteiger partial charge in [-0.3, -0.25) is 14.4 Å². The smallest absolute Gasteiger partial charge is 0.306 e. The van der Waals surface area contributed by atoms with Crippen LogP contribution >= 0.6 is 0 Å². The molecule has 0 spiro atoms. The predicted molar refractivity (Wildman–Crippen MR) is 320 cm³/mol. The number of hydrogen-bond acceptors (Lipinski definition) is 6. The minimum Gasteiger partial charge on any atom is -0.462 e. The second-order valence-corrected chi connectivity index (χ2v) is 19.5. The van der Waals surface area contributed by atoms with Crippen LogP contribution < -0.4 is 0 Å². The minimum absolute atomic E-state index is 0.107. The molecule has 0 aliphatic rings. The van der Waals surface area contributed by atoms with Crippen molar-refractivity contribution in [2.45, 2.75) is 264 Å². The van der Waals surface area contributed by atoms with Crippen LogP contribution in [0.4, 0.5) is 0 Å². The quantitative estimate of drug-likeness (QED) is 0.0199. The molecule has 1 unspecified atom stereocenters. The molecule has 74 heavy (non-hydrogen) atoms. The predicted octanol–water partition coefficient (Wildman–Crippen LogP) is 20.6. The van der Waals surface area contributed by atoms with Gasteiger partial charge in [0.05, 0.1) is 0 Å². The molecule has 0 radical (unpaired) electrons. The lowest BCUT2D eigenvalue weighted by atomic mass is 10.1. The molecule has 6 heteroatoms. The first-order valence-corrected chi connectivity index (χ1v) is 30.2. The number of carbonyl (C=O) groups is 3. The molecule has 0 bridgehead atoms. The van der Waals surface area contributed by atoms with Crippen LogP contribution in [-0.2, 0) is 28.6 Å². The Morgan fingerprint density at radius 2 is 0.568 bits per heavy atom. The molecule has 0 fully saturated rings. The fourth-order valence-electron chi connectivity index (χ4n) is 7.92. The third kappa shape index (κ3) is 58.4. The Kier molecular flexibility index (Phi) is 57.4. The Morgan fingerprint density at radius 1 is 0.297 bits per heavy atom. The van der Waals surface area contributed by atoms with Crippen LogP contribution in [0.25, 0.3) is 0 Å². The van der Waals surface area contributed by atoms with Gasteiger partial charge in [-0.05, 0) is 128 Å². The van der Waals surface area contributed by atoms with Crippen LogP contribution in [0.2, 0.25) is 0 Å². The molecule has 0 N–H and O–H groups in total. The van der Waals surface area contributed by atoms with Crippen molar-refractivity contribution in [2.24, 2.45) is 0 Å². The normalized spacial score (nSPS) is 13.1. The Labute approximate surface area is 455 Å². The summed E-state index contributed by atoms with van der Waals surface area (Å²) in [7, 11) is 0. The molecular formula is C68H110O6. The van der Waals surface area contributed by atoms with Crippen LogP contribution in [0.15, 0.2) is 134 Å². The second-order valence-electron chi connectivity index (χ2n) is 19.5. The highest BCUT2D eigenvalue weighted by Crippen LogP contribution is 2.14. The van der Waals surface area contributed by atoms with Gasteiger partial charge in [0, 0.05) is 19.3 Å². The Balaban J connectivity index is 4.53. The number of esters is 3. The Bertz CT molecular complexity index is 1600. The van der Waals surface area contributed by atoms with Crippen molar-refractivity contribution in [3.63, 3.8) is 0 Å². The topological polar surface area (TPSA) is 78.9 Å². The standard InChI is InChI=1S/C68H110O6/c1-4-7-10-13-16-19-22-25-28-31-34-37-40-43-46-49-52-55-58-61-67(70)73-64-65(63-72-66(69)60-57-54-51-48-45-42-39-36-33-30-27-24-21-18-15-12-9-6-3)74-68(71)62-59-56-53-50-47-44-41-38-35-32-29-26-23-20-17-14-11-8-5-2/h7-8,10-11,16-17,19-20,25-26,28-30,33-39,43,46,65H,4-6,9,12-15,18,21-24,27,31-32,40-42,44-45,47-64H2,1-3H3/b10-7-,11-8-,19-16-,20-17-,28-25-,29-26-,33-30-,37-34-,38-35-,39-36-,46-43-. The van der Waals surface area contributed by atoms with E-state index in [4.69, 9.17) is 14.2 Å². The largest absolute Gasteiger partial charge is 0.462 e. The maximum atomic E-state index is 12.9. The molecule has 0 rings (SSSR count). The molecule has 0 aliphatic carbocycles. The summed E-state index contributed by atoms with van der Waals surface area (Å²) in [6.45, 7) is 6.36. The third-order valence-corrected chi connectivity index (χ3v) is 12.4. The van der Waals surface area contributed by atoms with Crippen LogP contribution in [0.3, 0.4) is 0 Å². The molecule has 418 valence electrons. The van der Waals surface area contributed by atoms with Crippen LogP contribution in [0, 0.1) is 0 Å². The molecule has 6 nitrogen and oxygen atoms in total. The highest BCUT2D eigenvalue weighted by atomic mass is 16.6. The van der Waals surface area contributed by atoms with Gasteiger partial charge >= 0.3 is 17.9 Å². The summed E-state index contributed by atoms with van der Waals surface area (Å²) < 4.78 is 16.9. The molecule has 0 amide bonds. The summed E-state index contributed by atoms with van der Waals surface area (Å²) in [5, 5.41) is 0. The Hall–Kier alpha value is -4.45. The van der Waals surface area contributed by atoms with Crippen molar-refractivity contribution in [1.82, 2.24) is 0 Å². The first kappa shape index (κ1) is 69.5. The fraction of sp³-hybridized carbons (Fsp3) is 0.632. The van der Waals surface area contributed by atoms with Gasteiger partial charge in [-0.2, -0.15) is 0 Å². The maximum absolute atomic E-state index is 12.9. The van der Waals surface area contributed by atoms with Gasteiger partial charge in [-0.1, -0.05) is 244 Å². The average Bonchev–Trinajstić information content (AvgIpc) is 3.40. The lowest BCUT2D eigenvalue weighted by molar-refractivity contribution is -0.167. The van der Waals surface area contributed by atoms with Crippen molar-refractivity contribution in [2.75, 3.05) is 13.2 Å². The van der Waals surface area contributed by atoms with Crippen molar-refractivity contribution in [3.8, 4) is 0 Å². The van der Waals surface area contributed by atoms with Crippen LogP contribution in [0.5, 0.6) is 0 Å². The van der Waals surface area contributed by atoms with E-state index in [-0.39, 0.29) is 31.1 Å². The molecule has 0 saturated heterocycles. The highest BCUT2D eigenvalue weighted by molar-refractivity contribution is 5.71. The van der Waals surface area contributed by atoms with E-state index in [1.165, 1.54) is 64.2 Å². The molecule has 1 atom stereocenters. The minimum atomic E-state index is -0.813. The van der Waals surface area contributed by atoms with Crippen molar-refractivity contribution in [1.29, 1.82) is 0 Å². The summed E-state index contributed by atoms with van der Waals surface area (Å²) in [5.74, 6) is -0.969. The first-order valence-electron chi connectivity index (χ1n) is 30.2. The van der Waals surface area contributed by atoms with Crippen molar-refractivity contribution >= 4 is 17.9 Å². The summed E-state index contributed by atoms with van der Waals surface area (Å²) >= 11 is 0. The maximum Gasteiger partial charge on any atom is 0.306 e. The SMILES string of the molecule is CC/C=C\C/C=C\C/C=C\C/C=C\C/C=C\CCCCCC(=O)OCC(COC(=O)CCCCCCC/C=C\C=C/CCCCCCCCC)OC(=O)CCCCCCCC/C=C\C/C=C\C/C=C\C/C=C\CC. The van der Waals surface area contributed by atoms with Crippen molar-refractivity contribution in [3.05, 3.63) is 134 Å². The van der Waals surface area contributed by atoms with E-state index in [1.807, 2.05) is 0 Å². The summed E-state index contributed by atoms with van der Waals surface area (Å²) in [6, 6.07) is 0. The van der Waals surface area contributed by atoms with Gasteiger partial charge in [0.25, 0.3) is 0 Å². The molecular weight excluding hydrogens is 913 g/mol. The van der Waals surface area contributed by atoms with E-state index < -0.39 is 6.10 Å². The first-order chi connectivity index (χ1) is 36.5. The van der Waals surface area contributed by atoms with E-state index in [9.17, 15) is 14.4 Å². The van der Waals surface area contributed by atoms with Gasteiger partial charge in [0.15, 0.2) is 6.10 Å². The number of ether oxygens (including phenoxy) is 3. The van der Waals surface area contributed by atoms with E-state index >= 15 is 0 Å². The fourth-order valence-corrected chi connectivity index (χ4v) is 7.92. The zero-order valence-corrected chi connectivity index (χ0v) is 47.8. The van der Waals surface area contributed by atoms with E-state index in [2.05, 4.69) is 154 Å². The summed E-state index contributed by atoms with van der Waals surface area (Å²) in [5.41, 5.74) is 0. The number of hydrogen-bond donors (Lipinski definition) is 0. The average molecular weight is 1020 g/mol. The summed E-state index contributed by atoms with van der Waals surface area (Å²) in [6.07, 6.45) is 85.8. The van der Waals surface area contributed by atoms with Crippen LogP contribution in [0.1, 0.15) is 258 Å². The number of rotatable bonds is 53. The zero-order valence-electron chi connectivity index (χ0n) is 47.8. The number of unbranched alkanes of at least 4 members (excludes halogenated alkanes) is 21. The number of carbonyl (C=O) groups excluding carboxylic acids is 3. The van der Waals surface area contributed by atoms with Gasteiger partial charge in [-0.25, -0.2) is 0 Å². The lowest BCUT2D eigenvalue weighted by Crippen LogP contribution is -2.30. The van der Waals surface area contributed by atoms with Crippen LogP contribution in [-0.4, -0.2) is 37.2 Å². The molecule has 0 aromatic carbocycles. The molecule has 0 saturated carbocycles. The van der Waals surface area contributed by atoms with Gasteiger partial charge < -0.3 is 14.2 Å².